The predicted octanol–water partition coefficient (Wildman–Crippen LogP) is 1.97. The smallest absolute Gasteiger partial charge is 0.412 e. The molecule has 2 heterocycles. The Balaban J connectivity index is 1.38. The van der Waals surface area contributed by atoms with Gasteiger partial charge in [0.25, 0.3) is 0 Å². The number of amides is 1. The van der Waals surface area contributed by atoms with Crippen molar-refractivity contribution in [3.05, 3.63) is 48.0 Å². The largest absolute Gasteiger partial charge is 0.497 e. The SMILES string of the molecule is COc1ccc(OC)c(S(=O)(=O)N[C@H]2CO[C@H]3[C@H]2OC[C@@H]3OC(=O)Nc2ccc(C(C)=O)cc2)c1. The van der Waals surface area contributed by atoms with Gasteiger partial charge in [-0.3, -0.25) is 10.1 Å². The molecule has 2 aromatic carbocycles. The summed E-state index contributed by atoms with van der Waals surface area (Å²) >= 11 is 0. The maximum absolute atomic E-state index is 13.1. The van der Waals surface area contributed by atoms with Gasteiger partial charge in [0.15, 0.2) is 11.9 Å². The number of benzene rings is 2. The van der Waals surface area contributed by atoms with E-state index in [0.717, 1.165) is 0 Å². The first-order valence-electron chi connectivity index (χ1n) is 10.8. The molecule has 2 saturated heterocycles. The summed E-state index contributed by atoms with van der Waals surface area (Å²) in [6.45, 7) is 1.54. The van der Waals surface area contributed by atoms with Crippen LogP contribution in [0.25, 0.3) is 0 Å². The van der Waals surface area contributed by atoms with E-state index in [1.54, 1.807) is 30.3 Å². The van der Waals surface area contributed by atoms with Crippen LogP contribution in [0.2, 0.25) is 0 Å². The second-order valence-corrected chi connectivity index (χ2v) is 9.73. The highest BCUT2D eigenvalue weighted by molar-refractivity contribution is 7.89. The van der Waals surface area contributed by atoms with E-state index < -0.39 is 40.5 Å². The fourth-order valence-corrected chi connectivity index (χ4v) is 5.41. The molecule has 2 aromatic rings. The quantitative estimate of drug-likeness (QED) is 0.515. The number of nitrogens with one attached hydrogen (secondary N) is 2. The third kappa shape index (κ3) is 5.40. The lowest BCUT2D eigenvalue weighted by molar-refractivity contribution is 0.00883. The molecule has 2 aliphatic heterocycles. The molecule has 0 saturated carbocycles. The number of ketones is 1. The summed E-state index contributed by atoms with van der Waals surface area (Å²) in [5, 5.41) is 2.59. The minimum Gasteiger partial charge on any atom is -0.497 e. The number of hydrogen-bond donors (Lipinski definition) is 2. The molecular weight excluding hydrogens is 480 g/mol. The Bertz CT molecular complexity index is 1200. The summed E-state index contributed by atoms with van der Waals surface area (Å²) < 4.78 is 56.0. The van der Waals surface area contributed by atoms with Crippen LogP contribution < -0.4 is 19.5 Å². The molecule has 12 heteroatoms. The minimum atomic E-state index is -4.01. The molecular formula is C23H26N2O9S. The Hall–Kier alpha value is -3.19. The Kier molecular flexibility index (Phi) is 7.26. The van der Waals surface area contributed by atoms with Gasteiger partial charge in [0.2, 0.25) is 10.0 Å². The molecule has 2 aliphatic rings. The summed E-state index contributed by atoms with van der Waals surface area (Å²) in [7, 11) is -1.20. The number of fused-ring (bicyclic) bond motifs is 1. The van der Waals surface area contributed by atoms with Gasteiger partial charge in [-0.1, -0.05) is 0 Å². The summed E-state index contributed by atoms with van der Waals surface area (Å²) in [5.74, 6) is 0.441. The van der Waals surface area contributed by atoms with E-state index in [-0.39, 0.29) is 29.6 Å². The van der Waals surface area contributed by atoms with Crippen molar-refractivity contribution in [2.24, 2.45) is 0 Å². The van der Waals surface area contributed by atoms with Gasteiger partial charge in [-0.25, -0.2) is 17.9 Å². The van der Waals surface area contributed by atoms with Crippen LogP contribution in [-0.2, 0) is 24.2 Å². The van der Waals surface area contributed by atoms with E-state index in [0.29, 0.717) is 17.0 Å². The van der Waals surface area contributed by atoms with Gasteiger partial charge in [0.05, 0.1) is 33.5 Å². The molecule has 0 aromatic heterocycles. The fourth-order valence-electron chi connectivity index (χ4n) is 4.00. The normalized spacial score (nSPS) is 23.4. The van der Waals surface area contributed by atoms with Crippen LogP contribution in [0.4, 0.5) is 10.5 Å². The molecule has 35 heavy (non-hydrogen) atoms. The molecule has 0 bridgehead atoms. The van der Waals surface area contributed by atoms with Crippen molar-refractivity contribution in [1.29, 1.82) is 0 Å². The van der Waals surface area contributed by atoms with Crippen molar-refractivity contribution < 1.29 is 41.7 Å². The van der Waals surface area contributed by atoms with Crippen molar-refractivity contribution in [3.63, 3.8) is 0 Å². The zero-order valence-electron chi connectivity index (χ0n) is 19.3. The minimum absolute atomic E-state index is 0.0365. The second-order valence-electron chi connectivity index (χ2n) is 8.04. The van der Waals surface area contributed by atoms with Gasteiger partial charge in [-0.2, -0.15) is 0 Å². The van der Waals surface area contributed by atoms with Crippen molar-refractivity contribution in [3.8, 4) is 11.5 Å². The predicted molar refractivity (Wildman–Crippen MR) is 123 cm³/mol. The van der Waals surface area contributed by atoms with Crippen molar-refractivity contribution in [1.82, 2.24) is 4.72 Å². The van der Waals surface area contributed by atoms with Gasteiger partial charge in [0.1, 0.15) is 28.6 Å². The molecule has 0 unspecified atom stereocenters. The summed E-state index contributed by atoms with van der Waals surface area (Å²) in [4.78, 5) is 23.6. The maximum atomic E-state index is 13.1. The van der Waals surface area contributed by atoms with Crippen LogP contribution in [0.15, 0.2) is 47.4 Å². The molecule has 2 N–H and O–H groups in total. The molecule has 0 spiro atoms. The lowest BCUT2D eigenvalue weighted by Gasteiger charge is -2.19. The van der Waals surface area contributed by atoms with E-state index in [4.69, 9.17) is 23.7 Å². The number of rotatable bonds is 8. The lowest BCUT2D eigenvalue weighted by atomic mass is 10.1. The van der Waals surface area contributed by atoms with Gasteiger partial charge >= 0.3 is 6.09 Å². The molecule has 0 aliphatic carbocycles. The number of sulfonamides is 1. The summed E-state index contributed by atoms with van der Waals surface area (Å²) in [5.41, 5.74) is 0.982. The van der Waals surface area contributed by atoms with Crippen molar-refractivity contribution in [2.75, 3.05) is 32.8 Å². The Morgan fingerprint density at radius 2 is 1.69 bits per heavy atom. The summed E-state index contributed by atoms with van der Waals surface area (Å²) in [6, 6.07) is 10.1. The zero-order chi connectivity index (χ0) is 25.2. The van der Waals surface area contributed by atoms with E-state index in [1.807, 2.05) is 0 Å². The first-order chi connectivity index (χ1) is 16.7. The van der Waals surface area contributed by atoms with Gasteiger partial charge in [-0.15, -0.1) is 0 Å². The molecule has 188 valence electrons. The van der Waals surface area contributed by atoms with Gasteiger partial charge in [-0.05, 0) is 43.3 Å². The number of hydrogen-bond acceptors (Lipinski definition) is 9. The number of carbonyl (C=O) groups is 2. The third-order valence-corrected chi connectivity index (χ3v) is 7.28. The highest BCUT2D eigenvalue weighted by atomic mass is 32.2. The molecule has 2 fully saturated rings. The van der Waals surface area contributed by atoms with Gasteiger partial charge < -0.3 is 23.7 Å². The van der Waals surface area contributed by atoms with Crippen LogP contribution in [0.1, 0.15) is 17.3 Å². The average molecular weight is 507 g/mol. The lowest BCUT2D eigenvalue weighted by Crippen LogP contribution is -2.44. The monoisotopic (exact) mass is 506 g/mol. The van der Waals surface area contributed by atoms with Crippen LogP contribution in [-0.4, -0.2) is 72.1 Å². The standard InChI is InChI=1S/C23H26N2O9S/c1-13(26)14-4-6-15(7-5-14)24-23(27)34-19-12-33-21-17(11-32-22(19)21)25-35(28,29)20-10-16(30-2)8-9-18(20)31-3/h4-10,17,19,21-22,25H,11-12H2,1-3H3,(H,24,27)/t17-,19-,21-,22+/m0/s1. The number of ether oxygens (including phenoxy) is 5. The average Bonchev–Trinajstić information content (AvgIpc) is 3.42. The molecule has 0 radical (unpaired) electrons. The highest BCUT2D eigenvalue weighted by Gasteiger charge is 2.50. The Labute approximate surface area is 202 Å². The molecule has 4 atom stereocenters. The van der Waals surface area contributed by atoms with Crippen molar-refractivity contribution >= 4 is 27.6 Å². The Morgan fingerprint density at radius 3 is 2.34 bits per heavy atom. The number of Topliss-reactive ketones (excluding diaryl/α,β-unsaturated/α-hetero) is 1. The van der Waals surface area contributed by atoms with Crippen LogP contribution in [0, 0.1) is 0 Å². The van der Waals surface area contributed by atoms with Crippen LogP contribution in [0.3, 0.4) is 0 Å². The highest BCUT2D eigenvalue weighted by Crippen LogP contribution is 2.32. The van der Waals surface area contributed by atoms with Crippen LogP contribution >= 0.6 is 0 Å². The molecule has 1 amide bonds. The van der Waals surface area contributed by atoms with E-state index in [9.17, 15) is 18.0 Å². The second kappa shape index (κ2) is 10.2. The molecule has 11 nitrogen and oxygen atoms in total. The molecule has 4 rings (SSSR count). The van der Waals surface area contributed by atoms with Crippen molar-refractivity contribution in [2.45, 2.75) is 36.2 Å². The first-order valence-corrected chi connectivity index (χ1v) is 12.3. The van der Waals surface area contributed by atoms with Crippen LogP contribution in [0.5, 0.6) is 11.5 Å². The fraction of sp³-hybridized carbons (Fsp3) is 0.391. The van der Waals surface area contributed by atoms with Gasteiger partial charge in [0, 0.05) is 17.3 Å². The number of anilines is 1. The summed E-state index contributed by atoms with van der Waals surface area (Å²) in [6.07, 6.45) is -2.73. The third-order valence-electron chi connectivity index (χ3n) is 5.77. The van der Waals surface area contributed by atoms with E-state index in [1.165, 1.54) is 33.3 Å². The number of methoxy groups -OCH3 is 2. The number of carbonyl (C=O) groups excluding carboxylic acids is 2. The topological polar surface area (TPSA) is 138 Å². The zero-order valence-corrected chi connectivity index (χ0v) is 20.2. The Morgan fingerprint density at radius 1 is 0.971 bits per heavy atom. The first kappa shape index (κ1) is 24.9. The maximum Gasteiger partial charge on any atom is 0.412 e. The van der Waals surface area contributed by atoms with E-state index in [2.05, 4.69) is 10.0 Å². The van der Waals surface area contributed by atoms with E-state index >= 15 is 0 Å².